The minimum Gasteiger partial charge on any atom is -0.390 e. The van der Waals surface area contributed by atoms with E-state index in [1.165, 1.54) is 16.0 Å². The number of anilines is 1. The van der Waals surface area contributed by atoms with Crippen LogP contribution in [0.5, 0.6) is 0 Å². The maximum absolute atomic E-state index is 13.3. The van der Waals surface area contributed by atoms with Gasteiger partial charge in [0.1, 0.15) is 0 Å². The summed E-state index contributed by atoms with van der Waals surface area (Å²) in [5, 5.41) is 0.646. The average Bonchev–Trinajstić information content (AvgIpc) is 2.93. The van der Waals surface area contributed by atoms with Gasteiger partial charge in [-0.3, -0.25) is 4.79 Å². The topological polar surface area (TPSA) is 46.3 Å². The maximum Gasteiger partial charge on any atom is 0.257 e. The third-order valence-corrected chi connectivity index (χ3v) is 5.78. The average molecular weight is 359 g/mol. The van der Waals surface area contributed by atoms with Gasteiger partial charge in [0.05, 0.1) is 10.6 Å². The molecule has 0 saturated heterocycles. The Kier molecular flexibility index (Phi) is 6.65. The van der Waals surface area contributed by atoms with Gasteiger partial charge in [-0.15, -0.1) is 11.3 Å². The lowest BCUT2D eigenvalue weighted by atomic mass is 9.96. The highest BCUT2D eigenvalue weighted by Crippen LogP contribution is 2.40. The minimum atomic E-state index is 0.0744. The molecule has 0 spiro atoms. The highest BCUT2D eigenvalue weighted by Gasteiger charge is 2.26. The van der Waals surface area contributed by atoms with Gasteiger partial charge in [0.15, 0.2) is 0 Å². The molecule has 2 rings (SSSR count). The van der Waals surface area contributed by atoms with E-state index in [-0.39, 0.29) is 5.91 Å². The first-order valence-electron chi connectivity index (χ1n) is 9.22. The number of nitrogen functional groups attached to an aromatic ring is 1. The number of benzene rings is 1. The molecule has 1 aromatic heterocycles. The molecule has 0 unspecified atom stereocenters. The molecule has 0 atom stereocenters. The van der Waals surface area contributed by atoms with E-state index >= 15 is 0 Å². The lowest BCUT2D eigenvalue weighted by Gasteiger charge is -2.22. The maximum atomic E-state index is 13.3. The molecular weight excluding hydrogens is 328 g/mol. The third-order valence-electron chi connectivity index (χ3n) is 4.61. The van der Waals surface area contributed by atoms with Crippen molar-refractivity contribution < 1.29 is 4.79 Å². The molecule has 25 heavy (non-hydrogen) atoms. The van der Waals surface area contributed by atoms with Gasteiger partial charge in [0.2, 0.25) is 0 Å². The fraction of sp³-hybridized carbons (Fsp3) is 0.476. The molecule has 1 amide bonds. The van der Waals surface area contributed by atoms with E-state index < -0.39 is 0 Å². The van der Waals surface area contributed by atoms with E-state index in [4.69, 9.17) is 5.73 Å². The van der Waals surface area contributed by atoms with Crippen molar-refractivity contribution in [1.29, 1.82) is 0 Å². The van der Waals surface area contributed by atoms with E-state index in [1.54, 1.807) is 11.3 Å². The Labute approximate surface area is 155 Å². The molecule has 1 heterocycles. The van der Waals surface area contributed by atoms with Gasteiger partial charge in [-0.05, 0) is 49.8 Å². The number of hydrogen-bond acceptors (Lipinski definition) is 3. The molecule has 0 radical (unpaired) electrons. The van der Waals surface area contributed by atoms with Crippen LogP contribution >= 0.6 is 11.3 Å². The van der Waals surface area contributed by atoms with E-state index in [0.29, 0.717) is 10.6 Å². The molecule has 3 nitrogen and oxygen atoms in total. The van der Waals surface area contributed by atoms with Crippen molar-refractivity contribution in [3.63, 3.8) is 0 Å². The summed E-state index contributed by atoms with van der Waals surface area (Å²) in [6.07, 6.45) is 2.79. The molecule has 136 valence electrons. The summed E-state index contributed by atoms with van der Waals surface area (Å²) < 4.78 is 0. The third kappa shape index (κ3) is 4.06. The number of hydrogen-bond donors (Lipinski definition) is 1. The smallest absolute Gasteiger partial charge is 0.257 e. The van der Waals surface area contributed by atoms with Crippen molar-refractivity contribution >= 4 is 22.2 Å². The Morgan fingerprint density at radius 3 is 2.24 bits per heavy atom. The second kappa shape index (κ2) is 8.52. The quantitative estimate of drug-likeness (QED) is 0.716. The van der Waals surface area contributed by atoms with E-state index in [0.717, 1.165) is 43.5 Å². The number of thiophene rings is 1. The highest BCUT2D eigenvalue weighted by molar-refractivity contribution is 7.17. The van der Waals surface area contributed by atoms with Gasteiger partial charge in [-0.25, -0.2) is 0 Å². The van der Waals surface area contributed by atoms with E-state index in [2.05, 4.69) is 52.8 Å². The van der Waals surface area contributed by atoms with E-state index in [9.17, 15) is 4.79 Å². The standard InChI is InChI=1S/C21H30N2OS/c1-6-11-23(12-7-2)21(24)19-18(17(8-3)25-20(19)22)16-10-9-14(4)15(5)13-16/h9-10,13H,6-8,11-12,22H2,1-5H3. The number of carbonyl (C=O) groups is 1. The van der Waals surface area contributed by atoms with Crippen LogP contribution in [0.4, 0.5) is 5.00 Å². The summed E-state index contributed by atoms with van der Waals surface area (Å²) in [5.74, 6) is 0.0744. The van der Waals surface area contributed by atoms with Crippen LogP contribution in [0.2, 0.25) is 0 Å². The van der Waals surface area contributed by atoms with Crippen molar-refractivity contribution in [2.45, 2.75) is 53.9 Å². The van der Waals surface area contributed by atoms with Crippen molar-refractivity contribution in [3.05, 3.63) is 39.8 Å². The zero-order valence-corrected chi connectivity index (χ0v) is 16.9. The SMILES string of the molecule is CCCN(CCC)C(=O)c1c(N)sc(CC)c1-c1ccc(C)c(C)c1. The predicted octanol–water partition coefficient (Wildman–Crippen LogP) is 5.44. The fourth-order valence-electron chi connectivity index (χ4n) is 3.17. The lowest BCUT2D eigenvalue weighted by Crippen LogP contribution is -2.33. The first-order chi connectivity index (χ1) is 11.9. The van der Waals surface area contributed by atoms with Crippen LogP contribution in [0.3, 0.4) is 0 Å². The van der Waals surface area contributed by atoms with E-state index in [1.807, 2.05) is 4.90 Å². The molecule has 4 heteroatoms. The zero-order valence-electron chi connectivity index (χ0n) is 16.1. The number of nitrogens with two attached hydrogens (primary N) is 1. The van der Waals surface area contributed by atoms with Crippen LogP contribution in [0.15, 0.2) is 18.2 Å². The molecule has 0 aliphatic heterocycles. The van der Waals surface area contributed by atoms with Crippen molar-refractivity contribution in [2.75, 3.05) is 18.8 Å². The lowest BCUT2D eigenvalue weighted by molar-refractivity contribution is 0.0758. The van der Waals surface area contributed by atoms with Crippen molar-refractivity contribution in [3.8, 4) is 11.1 Å². The molecule has 0 saturated carbocycles. The minimum absolute atomic E-state index is 0.0744. The van der Waals surface area contributed by atoms with Crippen molar-refractivity contribution in [2.24, 2.45) is 0 Å². The molecular formula is C21H30N2OS. The fourth-order valence-corrected chi connectivity index (χ4v) is 4.20. The van der Waals surface area contributed by atoms with Crippen LogP contribution in [-0.2, 0) is 6.42 Å². The largest absolute Gasteiger partial charge is 0.390 e. The predicted molar refractivity (Wildman–Crippen MR) is 110 cm³/mol. The van der Waals surface area contributed by atoms with Crippen LogP contribution in [0.1, 0.15) is 60.0 Å². The Morgan fingerprint density at radius 1 is 1.08 bits per heavy atom. The molecule has 0 aliphatic carbocycles. The first kappa shape index (κ1) is 19.5. The summed E-state index contributed by atoms with van der Waals surface area (Å²) in [6, 6.07) is 6.42. The normalized spacial score (nSPS) is 10.9. The van der Waals surface area contributed by atoms with Crippen LogP contribution in [-0.4, -0.2) is 23.9 Å². The Hall–Kier alpha value is -1.81. The molecule has 0 aliphatic rings. The van der Waals surface area contributed by atoms with Gasteiger partial charge in [0.25, 0.3) is 5.91 Å². The van der Waals surface area contributed by atoms with Gasteiger partial charge in [0, 0.05) is 23.5 Å². The number of rotatable bonds is 7. The first-order valence-corrected chi connectivity index (χ1v) is 10.0. The summed E-state index contributed by atoms with van der Waals surface area (Å²) in [7, 11) is 0. The summed E-state index contributed by atoms with van der Waals surface area (Å²) in [6.45, 7) is 12.1. The zero-order chi connectivity index (χ0) is 18.6. The molecule has 2 aromatic rings. The molecule has 1 aromatic carbocycles. The summed E-state index contributed by atoms with van der Waals surface area (Å²) in [4.78, 5) is 16.4. The summed E-state index contributed by atoms with van der Waals surface area (Å²) in [5.41, 5.74) is 11.7. The van der Waals surface area contributed by atoms with Crippen LogP contribution in [0.25, 0.3) is 11.1 Å². The number of amides is 1. The highest BCUT2D eigenvalue weighted by atomic mass is 32.1. The van der Waals surface area contributed by atoms with Gasteiger partial charge >= 0.3 is 0 Å². The molecule has 0 fully saturated rings. The number of aryl methyl sites for hydroxylation is 3. The second-order valence-electron chi connectivity index (χ2n) is 6.58. The van der Waals surface area contributed by atoms with Crippen LogP contribution < -0.4 is 5.73 Å². The van der Waals surface area contributed by atoms with Gasteiger partial charge in [-0.2, -0.15) is 0 Å². The van der Waals surface area contributed by atoms with Gasteiger partial charge in [-0.1, -0.05) is 39.0 Å². The summed E-state index contributed by atoms with van der Waals surface area (Å²) >= 11 is 1.56. The van der Waals surface area contributed by atoms with Crippen molar-refractivity contribution in [1.82, 2.24) is 4.90 Å². The van der Waals surface area contributed by atoms with Crippen LogP contribution in [0, 0.1) is 13.8 Å². The molecule has 0 bridgehead atoms. The number of carbonyl (C=O) groups excluding carboxylic acids is 1. The Morgan fingerprint density at radius 2 is 1.72 bits per heavy atom. The Bertz CT molecular complexity index is 743. The molecule has 2 N–H and O–H groups in total. The monoisotopic (exact) mass is 358 g/mol. The Balaban J connectivity index is 2.59. The number of nitrogens with zero attached hydrogens (tertiary/aromatic N) is 1. The second-order valence-corrected chi connectivity index (χ2v) is 7.72. The van der Waals surface area contributed by atoms with Gasteiger partial charge < -0.3 is 10.6 Å².